The van der Waals surface area contributed by atoms with E-state index in [2.05, 4.69) is 5.32 Å². The van der Waals surface area contributed by atoms with Crippen molar-refractivity contribution in [2.45, 2.75) is 31.6 Å². The molecule has 124 valence electrons. The van der Waals surface area contributed by atoms with E-state index in [0.29, 0.717) is 24.9 Å². The first-order chi connectivity index (χ1) is 10.9. The fourth-order valence-electron chi connectivity index (χ4n) is 2.34. The fraction of sp³-hybridized carbons (Fsp3) is 0.438. The lowest BCUT2D eigenvalue weighted by Gasteiger charge is -2.13. The van der Waals surface area contributed by atoms with Crippen LogP contribution in [0.25, 0.3) is 0 Å². The van der Waals surface area contributed by atoms with Gasteiger partial charge in [0, 0.05) is 26.2 Å². The number of nitrogens with one attached hydrogen (secondary N) is 1. The molecule has 2 N–H and O–H groups in total. The molecule has 1 fully saturated rings. The Labute approximate surface area is 134 Å². The lowest BCUT2D eigenvalue weighted by Crippen LogP contribution is -2.35. The summed E-state index contributed by atoms with van der Waals surface area (Å²) in [5.41, 5.74) is 1.43. The van der Waals surface area contributed by atoms with Gasteiger partial charge in [0.25, 0.3) is 5.91 Å². The molecule has 0 bridgehead atoms. The average Bonchev–Trinajstić information content (AvgIpc) is 3.02. The van der Waals surface area contributed by atoms with Crippen molar-refractivity contribution >= 4 is 17.8 Å². The highest BCUT2D eigenvalue weighted by Crippen LogP contribution is 2.20. The SMILES string of the molecule is CN(C)C(=O)c1ccc(CNC(=O)[C@@H]2CC[C@H](C(=O)O)O2)cc1. The number of rotatable bonds is 5. The van der Waals surface area contributed by atoms with Gasteiger partial charge in [-0.2, -0.15) is 0 Å². The second kappa shape index (κ2) is 7.23. The Hall–Kier alpha value is -2.41. The van der Waals surface area contributed by atoms with Gasteiger partial charge in [0.1, 0.15) is 6.10 Å². The summed E-state index contributed by atoms with van der Waals surface area (Å²) in [5.74, 6) is -1.44. The standard InChI is InChI=1S/C16H20N2O5/c1-18(2)15(20)11-5-3-10(4-6-11)9-17-14(19)12-7-8-13(23-12)16(21)22/h3-6,12-13H,7-9H2,1-2H3,(H,17,19)(H,21,22)/t12-,13+/m0/s1. The fourth-order valence-corrected chi connectivity index (χ4v) is 2.34. The molecule has 7 heteroatoms. The van der Waals surface area contributed by atoms with Crippen LogP contribution >= 0.6 is 0 Å². The number of carboxylic acid groups (broad SMARTS) is 1. The third kappa shape index (κ3) is 4.29. The first kappa shape index (κ1) is 17.0. The first-order valence-electron chi connectivity index (χ1n) is 7.35. The van der Waals surface area contributed by atoms with Crippen LogP contribution < -0.4 is 5.32 Å². The van der Waals surface area contributed by atoms with Gasteiger partial charge in [0.15, 0.2) is 6.10 Å². The number of carbonyl (C=O) groups excluding carboxylic acids is 2. The number of carbonyl (C=O) groups is 3. The number of benzene rings is 1. The van der Waals surface area contributed by atoms with E-state index in [4.69, 9.17) is 9.84 Å². The molecule has 1 aromatic carbocycles. The second-order valence-electron chi connectivity index (χ2n) is 5.64. The van der Waals surface area contributed by atoms with Gasteiger partial charge >= 0.3 is 5.97 Å². The zero-order chi connectivity index (χ0) is 17.0. The summed E-state index contributed by atoms with van der Waals surface area (Å²) < 4.78 is 5.19. The summed E-state index contributed by atoms with van der Waals surface area (Å²) in [6, 6.07) is 6.95. The highest BCUT2D eigenvalue weighted by Gasteiger charge is 2.34. The summed E-state index contributed by atoms with van der Waals surface area (Å²) in [6.07, 6.45) is -0.874. The molecular weight excluding hydrogens is 300 g/mol. The van der Waals surface area contributed by atoms with E-state index in [1.54, 1.807) is 38.4 Å². The van der Waals surface area contributed by atoms with Crippen LogP contribution in [-0.2, 0) is 20.9 Å². The van der Waals surface area contributed by atoms with Gasteiger partial charge in [-0.1, -0.05) is 12.1 Å². The molecule has 1 aliphatic rings. The molecule has 1 saturated heterocycles. The minimum Gasteiger partial charge on any atom is -0.479 e. The van der Waals surface area contributed by atoms with Crippen LogP contribution in [0.1, 0.15) is 28.8 Å². The Morgan fingerprint density at radius 2 is 1.78 bits per heavy atom. The van der Waals surface area contributed by atoms with Crippen molar-refractivity contribution in [1.82, 2.24) is 10.2 Å². The predicted octanol–water partition coefficient (Wildman–Crippen LogP) is 0.637. The lowest BCUT2D eigenvalue weighted by molar-refractivity contribution is -0.151. The summed E-state index contributed by atoms with van der Waals surface area (Å²) in [5, 5.41) is 11.6. The molecule has 0 radical (unpaired) electrons. The van der Waals surface area contributed by atoms with Crippen LogP contribution in [0, 0.1) is 0 Å². The number of aliphatic carboxylic acids is 1. The molecule has 0 aliphatic carbocycles. The maximum Gasteiger partial charge on any atom is 0.332 e. The van der Waals surface area contributed by atoms with Crippen molar-refractivity contribution in [3.05, 3.63) is 35.4 Å². The van der Waals surface area contributed by atoms with E-state index >= 15 is 0 Å². The van der Waals surface area contributed by atoms with Crippen molar-refractivity contribution in [3.63, 3.8) is 0 Å². The maximum atomic E-state index is 12.0. The molecule has 7 nitrogen and oxygen atoms in total. The van der Waals surface area contributed by atoms with E-state index in [1.165, 1.54) is 4.90 Å². The lowest BCUT2D eigenvalue weighted by atomic mass is 10.1. The minimum atomic E-state index is -1.04. The normalized spacial score (nSPS) is 20.1. The smallest absolute Gasteiger partial charge is 0.332 e. The van der Waals surface area contributed by atoms with Crippen LogP contribution in [0.5, 0.6) is 0 Å². The van der Waals surface area contributed by atoms with Crippen LogP contribution in [0.3, 0.4) is 0 Å². The minimum absolute atomic E-state index is 0.0837. The first-order valence-corrected chi connectivity index (χ1v) is 7.35. The van der Waals surface area contributed by atoms with Gasteiger partial charge in [0.2, 0.25) is 5.91 Å². The van der Waals surface area contributed by atoms with Gasteiger partial charge in [-0.15, -0.1) is 0 Å². The number of carboxylic acids is 1. The van der Waals surface area contributed by atoms with Crippen molar-refractivity contribution in [3.8, 4) is 0 Å². The number of hydrogen-bond donors (Lipinski definition) is 2. The molecule has 0 saturated carbocycles. The van der Waals surface area contributed by atoms with Gasteiger partial charge in [-0.05, 0) is 30.5 Å². The zero-order valence-electron chi connectivity index (χ0n) is 13.1. The molecule has 2 amide bonds. The Bertz CT molecular complexity index is 597. The van der Waals surface area contributed by atoms with Gasteiger partial charge in [0.05, 0.1) is 0 Å². The second-order valence-corrected chi connectivity index (χ2v) is 5.64. The summed E-state index contributed by atoms with van der Waals surface area (Å²) in [7, 11) is 3.37. The molecule has 0 aromatic heterocycles. The summed E-state index contributed by atoms with van der Waals surface area (Å²) in [4.78, 5) is 36.0. The van der Waals surface area contributed by atoms with Crippen LogP contribution in [0.2, 0.25) is 0 Å². The Balaban J connectivity index is 1.85. The van der Waals surface area contributed by atoms with E-state index in [9.17, 15) is 14.4 Å². The van der Waals surface area contributed by atoms with Crippen molar-refractivity contribution in [2.75, 3.05) is 14.1 Å². The molecule has 2 atom stereocenters. The van der Waals surface area contributed by atoms with Crippen molar-refractivity contribution in [2.24, 2.45) is 0 Å². The van der Waals surface area contributed by atoms with Gasteiger partial charge in [-0.3, -0.25) is 9.59 Å². The van der Waals surface area contributed by atoms with Crippen LogP contribution in [0.15, 0.2) is 24.3 Å². The van der Waals surface area contributed by atoms with Gasteiger partial charge < -0.3 is 20.1 Å². The largest absolute Gasteiger partial charge is 0.479 e. The van der Waals surface area contributed by atoms with Crippen molar-refractivity contribution < 1.29 is 24.2 Å². The third-order valence-corrected chi connectivity index (χ3v) is 3.66. The highest BCUT2D eigenvalue weighted by atomic mass is 16.5. The van der Waals surface area contributed by atoms with Crippen LogP contribution in [0.4, 0.5) is 0 Å². The Morgan fingerprint density at radius 1 is 1.17 bits per heavy atom. The third-order valence-electron chi connectivity index (χ3n) is 3.66. The Kier molecular flexibility index (Phi) is 5.33. The number of nitrogens with zero attached hydrogens (tertiary/aromatic N) is 1. The highest BCUT2D eigenvalue weighted by molar-refractivity contribution is 5.93. The molecule has 1 aliphatic heterocycles. The molecule has 1 heterocycles. The topological polar surface area (TPSA) is 95.9 Å². The van der Waals surface area contributed by atoms with E-state index in [1.807, 2.05) is 0 Å². The summed E-state index contributed by atoms with van der Waals surface area (Å²) in [6.45, 7) is 0.298. The van der Waals surface area contributed by atoms with Crippen LogP contribution in [-0.4, -0.2) is 54.1 Å². The predicted molar refractivity (Wildman–Crippen MR) is 81.8 cm³/mol. The zero-order valence-corrected chi connectivity index (χ0v) is 13.1. The van der Waals surface area contributed by atoms with Crippen molar-refractivity contribution in [1.29, 1.82) is 0 Å². The molecule has 23 heavy (non-hydrogen) atoms. The summed E-state index contributed by atoms with van der Waals surface area (Å²) >= 11 is 0. The van der Waals surface area contributed by atoms with Gasteiger partial charge in [-0.25, -0.2) is 4.79 Å². The quantitative estimate of drug-likeness (QED) is 0.830. The maximum absolute atomic E-state index is 12.0. The molecular formula is C16H20N2O5. The number of hydrogen-bond acceptors (Lipinski definition) is 4. The molecule has 1 aromatic rings. The average molecular weight is 320 g/mol. The number of ether oxygens (including phenoxy) is 1. The molecule has 0 unspecified atom stereocenters. The Morgan fingerprint density at radius 3 is 2.30 bits per heavy atom. The van der Waals surface area contributed by atoms with E-state index in [0.717, 1.165) is 5.56 Å². The van der Waals surface area contributed by atoms with E-state index in [-0.39, 0.29) is 11.8 Å². The van der Waals surface area contributed by atoms with E-state index < -0.39 is 18.2 Å². The molecule has 0 spiro atoms. The number of amides is 2. The molecule has 2 rings (SSSR count). The monoisotopic (exact) mass is 320 g/mol.